The molecule has 0 aliphatic heterocycles. The molecule has 0 aromatic heterocycles. The van der Waals surface area contributed by atoms with Gasteiger partial charge in [0.15, 0.2) is 0 Å². The molecule has 1 N–H and O–H groups in total. The maximum Gasteiger partial charge on any atom is 0.243 e. The molecule has 2 aromatic carbocycles. The lowest BCUT2D eigenvalue weighted by Crippen LogP contribution is -2.48. The summed E-state index contributed by atoms with van der Waals surface area (Å²) in [6, 6.07) is 14.6. The molecule has 0 aliphatic carbocycles. The molecule has 0 fully saturated rings. The number of benzene rings is 2. The first kappa shape index (κ1) is 20.0. The number of hydrogen-bond acceptors (Lipinski definition) is 3. The van der Waals surface area contributed by atoms with Crippen LogP contribution in [0, 0.1) is 13.8 Å². The van der Waals surface area contributed by atoms with Gasteiger partial charge in [0.25, 0.3) is 0 Å². The Kier molecular flexibility index (Phi) is 6.42. The van der Waals surface area contributed by atoms with Crippen molar-refractivity contribution in [1.29, 1.82) is 0 Å². The quantitative estimate of drug-likeness (QED) is 0.810. The lowest BCUT2D eigenvalue weighted by Gasteiger charge is -2.29. The molecule has 140 valence electrons. The van der Waals surface area contributed by atoms with E-state index in [0.29, 0.717) is 18.7 Å². The molecule has 2 aromatic rings. The summed E-state index contributed by atoms with van der Waals surface area (Å²) in [5.41, 5.74) is 3.41. The van der Waals surface area contributed by atoms with Gasteiger partial charge in [-0.2, -0.15) is 0 Å². The maximum absolute atomic E-state index is 12.6. The van der Waals surface area contributed by atoms with E-state index in [-0.39, 0.29) is 5.91 Å². The van der Waals surface area contributed by atoms with Crippen molar-refractivity contribution < 1.29 is 13.2 Å². The van der Waals surface area contributed by atoms with Gasteiger partial charge in [-0.05, 0) is 49.9 Å². The number of nitrogens with zero attached hydrogens (tertiary/aromatic N) is 1. The van der Waals surface area contributed by atoms with Crippen LogP contribution in [0.2, 0.25) is 0 Å². The number of anilines is 1. The maximum atomic E-state index is 12.6. The molecule has 0 saturated heterocycles. The number of aryl methyl sites for hydroxylation is 2. The zero-order chi connectivity index (χ0) is 19.3. The van der Waals surface area contributed by atoms with Crippen LogP contribution in [0.1, 0.15) is 23.6 Å². The summed E-state index contributed by atoms with van der Waals surface area (Å²) in [4.78, 5) is 12.6. The normalized spacial score (nSPS) is 12.5. The van der Waals surface area contributed by atoms with Gasteiger partial charge in [-0.3, -0.25) is 9.10 Å². The van der Waals surface area contributed by atoms with E-state index in [1.54, 1.807) is 13.0 Å². The SMILES string of the molecule is Cc1ccc(C)c(N([C@@H](C)C(=O)NCCc2ccccc2)S(C)(=O)=O)c1. The summed E-state index contributed by atoms with van der Waals surface area (Å²) in [6.07, 6.45) is 1.82. The first-order valence-electron chi connectivity index (χ1n) is 8.58. The van der Waals surface area contributed by atoms with Crippen LogP contribution in [0.5, 0.6) is 0 Å². The second kappa shape index (κ2) is 8.36. The molecule has 26 heavy (non-hydrogen) atoms. The smallest absolute Gasteiger partial charge is 0.243 e. The Balaban J connectivity index is 2.15. The second-order valence-corrected chi connectivity index (χ2v) is 8.41. The van der Waals surface area contributed by atoms with Gasteiger partial charge >= 0.3 is 0 Å². The number of hydrogen-bond donors (Lipinski definition) is 1. The average Bonchev–Trinajstić information content (AvgIpc) is 2.57. The monoisotopic (exact) mass is 374 g/mol. The van der Waals surface area contributed by atoms with Crippen molar-refractivity contribution in [2.75, 3.05) is 17.1 Å². The first-order chi connectivity index (χ1) is 12.2. The number of carbonyl (C=O) groups excluding carboxylic acids is 1. The Morgan fingerprint density at radius 2 is 1.77 bits per heavy atom. The topological polar surface area (TPSA) is 66.5 Å². The lowest BCUT2D eigenvalue weighted by atomic mass is 10.1. The molecule has 0 spiro atoms. The van der Waals surface area contributed by atoms with Gasteiger partial charge in [0.05, 0.1) is 11.9 Å². The summed E-state index contributed by atoms with van der Waals surface area (Å²) in [5, 5.41) is 2.84. The summed E-state index contributed by atoms with van der Waals surface area (Å²) in [5.74, 6) is -0.313. The lowest BCUT2D eigenvalue weighted by molar-refractivity contribution is -0.121. The highest BCUT2D eigenvalue weighted by molar-refractivity contribution is 7.92. The van der Waals surface area contributed by atoms with E-state index < -0.39 is 16.1 Å². The van der Waals surface area contributed by atoms with Crippen molar-refractivity contribution in [2.45, 2.75) is 33.2 Å². The Morgan fingerprint density at radius 1 is 1.12 bits per heavy atom. The Labute approximate surface area is 156 Å². The minimum Gasteiger partial charge on any atom is -0.354 e. The second-order valence-electron chi connectivity index (χ2n) is 6.55. The summed E-state index contributed by atoms with van der Waals surface area (Å²) in [6.45, 7) is 5.80. The van der Waals surface area contributed by atoms with Crippen LogP contribution in [0.4, 0.5) is 5.69 Å². The fourth-order valence-electron chi connectivity index (χ4n) is 2.86. The highest BCUT2D eigenvalue weighted by atomic mass is 32.2. The molecular weight excluding hydrogens is 348 g/mol. The molecule has 0 aliphatic rings. The standard InChI is InChI=1S/C20H26N2O3S/c1-15-10-11-16(2)19(14-15)22(26(4,24)25)17(3)20(23)21-13-12-18-8-6-5-7-9-18/h5-11,14,17H,12-13H2,1-4H3,(H,21,23)/t17-/m0/s1. The zero-order valence-electron chi connectivity index (χ0n) is 15.7. The third kappa shape index (κ3) is 5.08. The van der Waals surface area contributed by atoms with E-state index in [4.69, 9.17) is 0 Å². The predicted molar refractivity (Wildman–Crippen MR) is 106 cm³/mol. The summed E-state index contributed by atoms with van der Waals surface area (Å²) in [7, 11) is -3.61. The van der Waals surface area contributed by atoms with E-state index in [9.17, 15) is 13.2 Å². The molecule has 6 heteroatoms. The zero-order valence-corrected chi connectivity index (χ0v) is 16.5. The van der Waals surface area contributed by atoms with Crippen LogP contribution in [0.25, 0.3) is 0 Å². The molecular formula is C20H26N2O3S. The van der Waals surface area contributed by atoms with Gasteiger partial charge in [0, 0.05) is 6.54 Å². The van der Waals surface area contributed by atoms with Gasteiger partial charge in [-0.25, -0.2) is 8.42 Å². The third-order valence-electron chi connectivity index (χ3n) is 4.25. The van der Waals surface area contributed by atoms with Gasteiger partial charge in [0.2, 0.25) is 15.9 Å². The van der Waals surface area contributed by atoms with Crippen molar-refractivity contribution in [1.82, 2.24) is 5.32 Å². The molecule has 0 saturated carbocycles. The van der Waals surface area contributed by atoms with Crippen molar-refractivity contribution in [3.63, 3.8) is 0 Å². The van der Waals surface area contributed by atoms with E-state index >= 15 is 0 Å². The van der Waals surface area contributed by atoms with Crippen LogP contribution in [0.3, 0.4) is 0 Å². The Morgan fingerprint density at radius 3 is 2.38 bits per heavy atom. The minimum absolute atomic E-state index is 0.313. The van der Waals surface area contributed by atoms with Crippen LogP contribution >= 0.6 is 0 Å². The van der Waals surface area contributed by atoms with Gasteiger partial charge in [-0.1, -0.05) is 42.5 Å². The van der Waals surface area contributed by atoms with Crippen molar-refractivity contribution in [3.8, 4) is 0 Å². The number of rotatable bonds is 7. The van der Waals surface area contributed by atoms with Gasteiger partial charge in [-0.15, -0.1) is 0 Å². The highest BCUT2D eigenvalue weighted by Gasteiger charge is 2.29. The van der Waals surface area contributed by atoms with Crippen LogP contribution in [-0.4, -0.2) is 33.2 Å². The Bertz CT molecular complexity index is 864. The summed E-state index contributed by atoms with van der Waals surface area (Å²) < 4.78 is 26.0. The van der Waals surface area contributed by atoms with Crippen molar-refractivity contribution in [2.24, 2.45) is 0 Å². The molecule has 1 atom stereocenters. The minimum atomic E-state index is -3.61. The van der Waals surface area contributed by atoms with E-state index in [0.717, 1.165) is 22.9 Å². The molecule has 1 amide bonds. The molecule has 0 bridgehead atoms. The van der Waals surface area contributed by atoms with Gasteiger partial charge in [0.1, 0.15) is 6.04 Å². The fraction of sp³-hybridized carbons (Fsp3) is 0.350. The molecule has 0 heterocycles. The predicted octanol–water partition coefficient (Wildman–Crippen LogP) is 2.82. The fourth-order valence-corrected chi connectivity index (χ4v) is 4.08. The molecule has 2 rings (SSSR count). The number of nitrogens with one attached hydrogen (secondary N) is 1. The number of sulfonamides is 1. The molecule has 0 radical (unpaired) electrons. The first-order valence-corrected chi connectivity index (χ1v) is 10.4. The van der Waals surface area contributed by atoms with Crippen molar-refractivity contribution >= 4 is 21.6 Å². The van der Waals surface area contributed by atoms with Crippen molar-refractivity contribution in [3.05, 3.63) is 65.2 Å². The average molecular weight is 375 g/mol. The highest BCUT2D eigenvalue weighted by Crippen LogP contribution is 2.26. The van der Waals surface area contributed by atoms with Gasteiger partial charge < -0.3 is 5.32 Å². The number of amides is 1. The third-order valence-corrected chi connectivity index (χ3v) is 5.47. The largest absolute Gasteiger partial charge is 0.354 e. The van der Waals surface area contributed by atoms with Crippen LogP contribution in [-0.2, 0) is 21.2 Å². The number of carbonyl (C=O) groups is 1. The summed E-state index contributed by atoms with van der Waals surface area (Å²) >= 11 is 0. The van der Waals surface area contributed by atoms with E-state index in [2.05, 4.69) is 5.32 Å². The molecule has 0 unspecified atom stereocenters. The van der Waals surface area contributed by atoms with E-state index in [1.165, 1.54) is 4.31 Å². The Hall–Kier alpha value is -2.34. The molecule has 5 nitrogen and oxygen atoms in total. The van der Waals surface area contributed by atoms with E-state index in [1.807, 2.05) is 56.3 Å². The van der Waals surface area contributed by atoms with Crippen LogP contribution in [0.15, 0.2) is 48.5 Å². The van der Waals surface area contributed by atoms with Crippen LogP contribution < -0.4 is 9.62 Å².